The highest BCUT2D eigenvalue weighted by molar-refractivity contribution is 7.18. The Hall–Kier alpha value is -2.45. The first-order valence-electron chi connectivity index (χ1n) is 8.58. The molecule has 0 fully saturated rings. The molecule has 6 nitrogen and oxygen atoms in total. The number of benzene rings is 1. The van der Waals surface area contributed by atoms with Crippen molar-refractivity contribution >= 4 is 33.7 Å². The van der Waals surface area contributed by atoms with Gasteiger partial charge in [-0.3, -0.25) is 9.69 Å². The summed E-state index contributed by atoms with van der Waals surface area (Å²) in [5.74, 6) is 1.32. The van der Waals surface area contributed by atoms with Crippen LogP contribution in [0.2, 0.25) is 0 Å². The van der Waals surface area contributed by atoms with E-state index >= 15 is 0 Å². The van der Waals surface area contributed by atoms with Crippen LogP contribution in [0.3, 0.4) is 0 Å². The number of carbonyl (C=O) groups excluding carboxylic acids is 1. The van der Waals surface area contributed by atoms with Gasteiger partial charge < -0.3 is 9.47 Å². The van der Waals surface area contributed by atoms with E-state index < -0.39 is 0 Å². The predicted molar refractivity (Wildman–Crippen MR) is 109 cm³/mol. The smallest absolute Gasteiger partial charge is 0.270 e. The first kappa shape index (κ1) is 19.3. The van der Waals surface area contributed by atoms with Crippen molar-refractivity contribution in [1.29, 1.82) is 0 Å². The molecule has 0 saturated heterocycles. The lowest BCUT2D eigenvalue weighted by molar-refractivity contribution is 0.0990. The van der Waals surface area contributed by atoms with Gasteiger partial charge in [0.25, 0.3) is 5.91 Å². The van der Waals surface area contributed by atoms with Crippen LogP contribution >= 0.6 is 22.7 Å². The summed E-state index contributed by atoms with van der Waals surface area (Å²) >= 11 is 2.82. The van der Waals surface area contributed by atoms with Crippen LogP contribution in [0.15, 0.2) is 35.7 Å². The molecule has 2 aromatic heterocycles. The average Bonchev–Trinajstić information content (AvgIpc) is 3.40. The molecule has 0 radical (unpaired) electrons. The molecule has 1 amide bonds. The van der Waals surface area contributed by atoms with E-state index in [0.717, 1.165) is 18.4 Å². The topological polar surface area (TPSA) is 64.6 Å². The van der Waals surface area contributed by atoms with Gasteiger partial charge in [-0.15, -0.1) is 21.5 Å². The number of nitrogens with zero attached hydrogens (tertiary/aromatic N) is 3. The van der Waals surface area contributed by atoms with E-state index in [0.29, 0.717) is 33.1 Å². The molecule has 0 bridgehead atoms. The van der Waals surface area contributed by atoms with Gasteiger partial charge in [-0.05, 0) is 30.0 Å². The maximum atomic E-state index is 12.9. The Kier molecular flexibility index (Phi) is 6.41. The van der Waals surface area contributed by atoms with E-state index in [2.05, 4.69) is 17.1 Å². The van der Waals surface area contributed by atoms with Gasteiger partial charge in [-0.2, -0.15) is 0 Å². The van der Waals surface area contributed by atoms with Gasteiger partial charge in [-0.25, -0.2) is 0 Å². The zero-order valence-corrected chi connectivity index (χ0v) is 17.1. The third kappa shape index (κ3) is 4.45. The van der Waals surface area contributed by atoms with Crippen molar-refractivity contribution in [2.24, 2.45) is 0 Å². The van der Waals surface area contributed by atoms with Crippen LogP contribution in [0.25, 0.3) is 10.6 Å². The molecule has 27 heavy (non-hydrogen) atoms. The molecule has 2 heterocycles. The summed E-state index contributed by atoms with van der Waals surface area (Å²) in [6, 6.07) is 9.28. The highest BCUT2D eigenvalue weighted by Gasteiger charge is 2.22. The summed E-state index contributed by atoms with van der Waals surface area (Å²) in [5.41, 5.74) is 0.842. The van der Waals surface area contributed by atoms with Crippen molar-refractivity contribution in [3.05, 3.63) is 40.6 Å². The normalized spacial score (nSPS) is 10.6. The molecular formula is C19H21N3O3S2. The Bertz CT molecular complexity index is 871. The Labute approximate surface area is 166 Å². The van der Waals surface area contributed by atoms with Crippen LogP contribution in [0.1, 0.15) is 29.4 Å². The number of thiophene rings is 1. The lowest BCUT2D eigenvalue weighted by Gasteiger charge is -2.18. The number of amides is 1. The van der Waals surface area contributed by atoms with Crippen LogP contribution in [0.4, 0.5) is 5.13 Å². The Morgan fingerprint density at radius 2 is 1.89 bits per heavy atom. The maximum Gasteiger partial charge on any atom is 0.270 e. The van der Waals surface area contributed by atoms with Gasteiger partial charge in [-0.1, -0.05) is 30.7 Å². The SMILES string of the molecule is CCCCN(C(=O)c1cccs1)c1nnc(-c2cc(OC)cc(OC)c2)s1. The summed E-state index contributed by atoms with van der Waals surface area (Å²) < 4.78 is 10.7. The fraction of sp³-hybridized carbons (Fsp3) is 0.316. The fourth-order valence-corrected chi connectivity index (χ4v) is 4.03. The van der Waals surface area contributed by atoms with Gasteiger partial charge in [0.2, 0.25) is 5.13 Å². The van der Waals surface area contributed by atoms with Crippen molar-refractivity contribution in [2.45, 2.75) is 19.8 Å². The maximum absolute atomic E-state index is 12.9. The van der Waals surface area contributed by atoms with Crippen LogP contribution in [0.5, 0.6) is 11.5 Å². The number of carbonyl (C=O) groups is 1. The second-order valence-corrected chi connectivity index (χ2v) is 7.68. The van der Waals surface area contributed by atoms with Crippen LogP contribution in [-0.4, -0.2) is 36.9 Å². The van der Waals surface area contributed by atoms with E-state index in [1.807, 2.05) is 29.6 Å². The van der Waals surface area contributed by atoms with E-state index in [1.54, 1.807) is 25.2 Å². The standard InChI is InChI=1S/C19H21N3O3S2/c1-4-5-8-22(18(23)16-7-6-9-26-16)19-21-20-17(27-19)13-10-14(24-2)12-15(11-13)25-3/h6-7,9-12H,4-5,8H2,1-3H3. The summed E-state index contributed by atoms with van der Waals surface area (Å²) in [6.45, 7) is 2.71. The Morgan fingerprint density at radius 3 is 2.48 bits per heavy atom. The minimum atomic E-state index is -0.0376. The molecule has 0 atom stereocenters. The van der Waals surface area contributed by atoms with Crippen molar-refractivity contribution < 1.29 is 14.3 Å². The fourth-order valence-electron chi connectivity index (χ4n) is 2.51. The largest absolute Gasteiger partial charge is 0.497 e. The van der Waals surface area contributed by atoms with Crippen LogP contribution < -0.4 is 14.4 Å². The monoisotopic (exact) mass is 403 g/mol. The van der Waals surface area contributed by atoms with Crippen LogP contribution in [0, 0.1) is 0 Å². The minimum absolute atomic E-state index is 0.0376. The number of ether oxygens (including phenoxy) is 2. The zero-order valence-electron chi connectivity index (χ0n) is 15.5. The van der Waals surface area contributed by atoms with Gasteiger partial charge in [0.05, 0.1) is 19.1 Å². The van der Waals surface area contributed by atoms with Crippen molar-refractivity contribution in [2.75, 3.05) is 25.7 Å². The zero-order chi connectivity index (χ0) is 19.2. The highest BCUT2D eigenvalue weighted by atomic mass is 32.1. The van der Waals surface area contributed by atoms with E-state index in [1.165, 1.54) is 22.7 Å². The van der Waals surface area contributed by atoms with E-state index in [9.17, 15) is 4.79 Å². The third-order valence-corrected chi connectivity index (χ3v) is 5.81. The quantitative estimate of drug-likeness (QED) is 0.544. The molecular weight excluding hydrogens is 382 g/mol. The molecule has 0 N–H and O–H groups in total. The summed E-state index contributed by atoms with van der Waals surface area (Å²) in [5, 5.41) is 11.8. The van der Waals surface area contributed by atoms with Crippen molar-refractivity contribution in [1.82, 2.24) is 10.2 Å². The molecule has 1 aromatic carbocycles. The highest BCUT2D eigenvalue weighted by Crippen LogP contribution is 2.34. The molecule has 0 aliphatic rings. The molecule has 8 heteroatoms. The predicted octanol–water partition coefficient (Wildman–Crippen LogP) is 4.73. The average molecular weight is 404 g/mol. The summed E-state index contributed by atoms with van der Waals surface area (Å²) in [4.78, 5) is 15.3. The molecule has 3 aromatic rings. The molecule has 0 saturated carbocycles. The Morgan fingerprint density at radius 1 is 1.15 bits per heavy atom. The number of unbranched alkanes of at least 4 members (excludes halogenated alkanes) is 1. The summed E-state index contributed by atoms with van der Waals surface area (Å²) in [7, 11) is 3.21. The lowest BCUT2D eigenvalue weighted by Crippen LogP contribution is -2.31. The number of rotatable bonds is 8. The minimum Gasteiger partial charge on any atom is -0.497 e. The van der Waals surface area contributed by atoms with Gasteiger partial charge in [0.1, 0.15) is 16.5 Å². The number of hydrogen-bond donors (Lipinski definition) is 0. The van der Waals surface area contributed by atoms with E-state index in [-0.39, 0.29) is 5.91 Å². The van der Waals surface area contributed by atoms with Crippen LogP contribution in [-0.2, 0) is 0 Å². The molecule has 0 aliphatic carbocycles. The number of methoxy groups -OCH3 is 2. The second-order valence-electron chi connectivity index (χ2n) is 5.78. The number of anilines is 1. The van der Waals surface area contributed by atoms with Gasteiger partial charge in [0, 0.05) is 18.2 Å². The molecule has 3 rings (SSSR count). The number of hydrogen-bond acceptors (Lipinski definition) is 7. The molecule has 0 spiro atoms. The molecule has 142 valence electrons. The first-order valence-corrected chi connectivity index (χ1v) is 10.3. The lowest BCUT2D eigenvalue weighted by atomic mass is 10.2. The second kappa shape index (κ2) is 8.96. The Balaban J connectivity index is 1.93. The van der Waals surface area contributed by atoms with Crippen molar-refractivity contribution in [3.8, 4) is 22.1 Å². The molecule has 0 unspecified atom stereocenters. The van der Waals surface area contributed by atoms with E-state index in [4.69, 9.17) is 9.47 Å². The van der Waals surface area contributed by atoms with Gasteiger partial charge >= 0.3 is 0 Å². The first-order chi connectivity index (χ1) is 13.2. The third-order valence-electron chi connectivity index (χ3n) is 3.96. The number of aromatic nitrogens is 2. The van der Waals surface area contributed by atoms with Crippen molar-refractivity contribution in [3.63, 3.8) is 0 Å². The molecule has 0 aliphatic heterocycles. The van der Waals surface area contributed by atoms with Gasteiger partial charge in [0.15, 0.2) is 0 Å². The summed E-state index contributed by atoms with van der Waals surface area (Å²) in [6.07, 6.45) is 1.89.